The van der Waals surface area contributed by atoms with E-state index in [1.807, 2.05) is 0 Å². The molecule has 5 aliphatic rings. The monoisotopic (exact) mass is 362 g/mol. The highest BCUT2D eigenvalue weighted by Gasteiger charge is 2.63. The third kappa shape index (κ3) is 2.35. The van der Waals surface area contributed by atoms with Crippen molar-refractivity contribution in [2.45, 2.75) is 90.4 Å². The fourth-order valence-corrected chi connectivity index (χ4v) is 8.83. The Labute approximate surface area is 159 Å². The number of ether oxygens (including phenoxy) is 2. The van der Waals surface area contributed by atoms with E-state index in [4.69, 9.17) is 9.47 Å². The summed E-state index contributed by atoms with van der Waals surface area (Å²) >= 11 is 0. The van der Waals surface area contributed by atoms with Gasteiger partial charge in [-0.2, -0.15) is 0 Å². The summed E-state index contributed by atoms with van der Waals surface area (Å²) in [5.41, 5.74) is 0.865. The number of aliphatic hydroxyl groups is 1. The average molecular weight is 363 g/mol. The van der Waals surface area contributed by atoms with Crippen LogP contribution in [0, 0.1) is 40.4 Å². The highest BCUT2D eigenvalue weighted by atomic mass is 16.7. The van der Waals surface area contributed by atoms with Gasteiger partial charge in [0, 0.05) is 5.92 Å². The largest absolute Gasteiger partial charge is 0.393 e. The van der Waals surface area contributed by atoms with Crippen molar-refractivity contribution < 1.29 is 14.6 Å². The maximum atomic E-state index is 10.2. The quantitative estimate of drug-likeness (QED) is 0.730. The van der Waals surface area contributed by atoms with Crippen LogP contribution in [0.15, 0.2) is 0 Å². The molecule has 8 atom stereocenters. The molecule has 3 nitrogen and oxygen atoms in total. The minimum atomic E-state index is -0.341. The Morgan fingerprint density at radius 3 is 2.23 bits per heavy atom. The Bertz CT molecular complexity index is 556. The molecule has 1 saturated heterocycles. The van der Waals surface area contributed by atoms with Gasteiger partial charge in [-0.15, -0.1) is 0 Å². The van der Waals surface area contributed by atoms with Gasteiger partial charge in [-0.3, -0.25) is 0 Å². The number of hydrogen-bond acceptors (Lipinski definition) is 3. The van der Waals surface area contributed by atoms with Gasteiger partial charge in [0.2, 0.25) is 0 Å². The summed E-state index contributed by atoms with van der Waals surface area (Å²) in [6, 6.07) is 0. The van der Waals surface area contributed by atoms with Gasteiger partial charge in [-0.1, -0.05) is 13.8 Å². The summed E-state index contributed by atoms with van der Waals surface area (Å²) in [7, 11) is 0. The van der Waals surface area contributed by atoms with Crippen molar-refractivity contribution >= 4 is 0 Å². The second-order valence-electron chi connectivity index (χ2n) is 11.0. The molecule has 4 saturated carbocycles. The van der Waals surface area contributed by atoms with E-state index in [2.05, 4.69) is 20.8 Å². The van der Waals surface area contributed by atoms with Gasteiger partial charge in [0.1, 0.15) is 0 Å². The molecule has 4 aliphatic carbocycles. The molecule has 0 bridgehead atoms. The molecular weight excluding hydrogens is 324 g/mol. The highest BCUT2D eigenvalue weighted by Crippen LogP contribution is 2.69. The highest BCUT2D eigenvalue weighted by molar-refractivity contribution is 5.11. The lowest BCUT2D eigenvalue weighted by Crippen LogP contribution is -2.55. The van der Waals surface area contributed by atoms with Crippen molar-refractivity contribution in [2.75, 3.05) is 13.2 Å². The van der Waals surface area contributed by atoms with E-state index in [1.165, 1.54) is 44.9 Å². The van der Waals surface area contributed by atoms with Crippen LogP contribution in [0.25, 0.3) is 0 Å². The molecule has 1 aliphatic heterocycles. The molecule has 5 rings (SSSR count). The average Bonchev–Trinajstić information content (AvgIpc) is 3.19. The molecule has 0 radical (unpaired) electrons. The van der Waals surface area contributed by atoms with Crippen LogP contribution < -0.4 is 0 Å². The molecule has 0 spiro atoms. The molecule has 0 aromatic rings. The summed E-state index contributed by atoms with van der Waals surface area (Å²) in [4.78, 5) is 0. The van der Waals surface area contributed by atoms with Crippen LogP contribution in [0.2, 0.25) is 0 Å². The first-order chi connectivity index (χ1) is 12.4. The van der Waals surface area contributed by atoms with Crippen LogP contribution in [0.4, 0.5) is 0 Å². The van der Waals surface area contributed by atoms with Crippen molar-refractivity contribution in [3.63, 3.8) is 0 Å². The summed E-state index contributed by atoms with van der Waals surface area (Å²) in [5, 5.41) is 10.2. The number of fused-ring (bicyclic) bond motifs is 5. The molecule has 26 heavy (non-hydrogen) atoms. The Hall–Kier alpha value is -0.120. The SMILES string of the molecule is CC1([C@H]2CC[C@H]3[C@@H]4CC[C@@H]5C[C@H](O)CC[C@]5(C)[C@H]4CC[C@]23C)OCCO1. The van der Waals surface area contributed by atoms with E-state index in [0.717, 1.165) is 49.7 Å². The predicted molar refractivity (Wildman–Crippen MR) is 102 cm³/mol. The number of aliphatic hydroxyl groups excluding tert-OH is 1. The Balaban J connectivity index is 1.41. The van der Waals surface area contributed by atoms with Gasteiger partial charge in [-0.05, 0) is 99.2 Å². The molecule has 1 N–H and O–H groups in total. The maximum Gasteiger partial charge on any atom is 0.169 e. The fourth-order valence-electron chi connectivity index (χ4n) is 8.83. The Kier molecular flexibility index (Phi) is 4.10. The summed E-state index contributed by atoms with van der Waals surface area (Å²) in [6.45, 7) is 8.90. The number of hydrogen-bond donors (Lipinski definition) is 1. The second-order valence-corrected chi connectivity index (χ2v) is 11.0. The van der Waals surface area contributed by atoms with Crippen molar-refractivity contribution in [3.8, 4) is 0 Å². The molecule has 3 heteroatoms. The lowest BCUT2D eigenvalue weighted by molar-refractivity contribution is -0.218. The molecule has 0 aromatic heterocycles. The summed E-state index contributed by atoms with van der Waals surface area (Å²) in [5.74, 6) is 3.59. The van der Waals surface area contributed by atoms with Crippen LogP contribution in [-0.4, -0.2) is 30.2 Å². The van der Waals surface area contributed by atoms with Crippen molar-refractivity contribution in [3.05, 3.63) is 0 Å². The van der Waals surface area contributed by atoms with Gasteiger partial charge in [0.25, 0.3) is 0 Å². The fraction of sp³-hybridized carbons (Fsp3) is 1.00. The van der Waals surface area contributed by atoms with Gasteiger partial charge < -0.3 is 14.6 Å². The van der Waals surface area contributed by atoms with Crippen molar-refractivity contribution in [2.24, 2.45) is 40.4 Å². The Morgan fingerprint density at radius 1 is 0.769 bits per heavy atom. The molecule has 0 unspecified atom stereocenters. The first-order valence-electron chi connectivity index (χ1n) is 11.3. The van der Waals surface area contributed by atoms with Crippen molar-refractivity contribution in [1.82, 2.24) is 0 Å². The lowest BCUT2D eigenvalue weighted by atomic mass is 9.44. The van der Waals surface area contributed by atoms with Crippen molar-refractivity contribution in [1.29, 1.82) is 0 Å². The molecular formula is C23H38O3. The van der Waals surface area contributed by atoms with Crippen LogP contribution in [-0.2, 0) is 9.47 Å². The molecule has 0 amide bonds. The zero-order valence-electron chi connectivity index (χ0n) is 17.0. The van der Waals surface area contributed by atoms with Gasteiger partial charge in [0.05, 0.1) is 19.3 Å². The molecule has 5 fully saturated rings. The van der Waals surface area contributed by atoms with Gasteiger partial charge in [0.15, 0.2) is 5.79 Å². The first-order valence-corrected chi connectivity index (χ1v) is 11.3. The summed E-state index contributed by atoms with van der Waals surface area (Å²) < 4.78 is 12.3. The van der Waals surface area contributed by atoms with E-state index in [0.29, 0.717) is 16.7 Å². The summed E-state index contributed by atoms with van der Waals surface area (Å²) in [6.07, 6.45) is 11.4. The van der Waals surface area contributed by atoms with Crippen LogP contribution in [0.1, 0.15) is 78.6 Å². The standard InChI is InChI=1S/C23H38O3/c1-21-10-8-16(24)14-15(21)4-5-17-18-6-7-20(23(3)25-12-13-26-23)22(18,2)11-9-19(17)21/h15-20,24H,4-14H2,1-3H3/t15-,16-,17+,18+,19+,20+,21+,22+/m1/s1. The van der Waals surface area contributed by atoms with E-state index < -0.39 is 0 Å². The maximum absolute atomic E-state index is 10.2. The predicted octanol–water partition coefficient (Wildman–Crippen LogP) is 4.77. The van der Waals surface area contributed by atoms with E-state index in [1.54, 1.807) is 0 Å². The first kappa shape index (κ1) is 17.9. The van der Waals surface area contributed by atoms with Crippen LogP contribution in [0.5, 0.6) is 0 Å². The minimum Gasteiger partial charge on any atom is -0.393 e. The molecule has 0 aromatic carbocycles. The lowest BCUT2D eigenvalue weighted by Gasteiger charge is -2.61. The Morgan fingerprint density at radius 2 is 1.46 bits per heavy atom. The van der Waals surface area contributed by atoms with E-state index in [9.17, 15) is 5.11 Å². The third-order valence-electron chi connectivity index (χ3n) is 10.1. The second kappa shape index (κ2) is 5.94. The smallest absolute Gasteiger partial charge is 0.169 e. The van der Waals surface area contributed by atoms with Crippen LogP contribution >= 0.6 is 0 Å². The van der Waals surface area contributed by atoms with Gasteiger partial charge in [-0.25, -0.2) is 0 Å². The third-order valence-corrected chi connectivity index (χ3v) is 10.1. The zero-order chi connectivity index (χ0) is 18.2. The van der Waals surface area contributed by atoms with E-state index >= 15 is 0 Å². The van der Waals surface area contributed by atoms with E-state index in [-0.39, 0.29) is 11.9 Å². The minimum absolute atomic E-state index is 0.0362. The van der Waals surface area contributed by atoms with Gasteiger partial charge >= 0.3 is 0 Å². The molecule has 1 heterocycles. The normalized spacial score (nSPS) is 55.8. The molecule has 148 valence electrons. The van der Waals surface area contributed by atoms with Crippen LogP contribution in [0.3, 0.4) is 0 Å². The zero-order valence-corrected chi connectivity index (χ0v) is 17.0. The number of rotatable bonds is 1. The topological polar surface area (TPSA) is 38.7 Å².